The van der Waals surface area contributed by atoms with Gasteiger partial charge < -0.3 is 5.32 Å². The molecule has 4 nitrogen and oxygen atoms in total. The Hall–Kier alpha value is -1.07. The molecule has 17 heavy (non-hydrogen) atoms. The number of anilines is 1. The highest BCUT2D eigenvalue weighted by Gasteiger charge is 2.24. The van der Waals surface area contributed by atoms with Crippen LogP contribution in [0.3, 0.4) is 0 Å². The van der Waals surface area contributed by atoms with Gasteiger partial charge in [0.25, 0.3) is 0 Å². The van der Waals surface area contributed by atoms with Crippen LogP contribution < -0.4 is 10.0 Å². The largest absolute Gasteiger partial charge is 0.388 e. The molecule has 0 heterocycles. The predicted molar refractivity (Wildman–Crippen MR) is 70.8 cm³/mol. The van der Waals surface area contributed by atoms with Crippen molar-refractivity contribution >= 4 is 15.7 Å². The van der Waals surface area contributed by atoms with Crippen molar-refractivity contribution in [1.82, 2.24) is 4.72 Å². The summed E-state index contributed by atoms with van der Waals surface area (Å²) in [6, 6.07) is 5.20. The first-order valence-corrected chi connectivity index (χ1v) is 6.97. The predicted octanol–water partition coefficient (Wildman–Crippen LogP) is 2.11. The highest BCUT2D eigenvalue weighted by Crippen LogP contribution is 2.23. The molecule has 1 rings (SSSR count). The molecule has 1 aromatic carbocycles. The minimum Gasteiger partial charge on any atom is -0.388 e. The SMILES string of the molecule is CNc1cccc(S(=O)(=O)NC(C)(C)C)c1C. The number of rotatable bonds is 3. The van der Waals surface area contributed by atoms with E-state index in [2.05, 4.69) is 10.0 Å². The average Bonchev–Trinajstić information content (AvgIpc) is 2.14. The maximum absolute atomic E-state index is 12.2. The molecule has 0 aliphatic rings. The molecule has 0 amide bonds. The van der Waals surface area contributed by atoms with Crippen LogP contribution in [0.25, 0.3) is 0 Å². The molecule has 0 radical (unpaired) electrons. The molecule has 0 saturated carbocycles. The normalized spacial score (nSPS) is 12.5. The second-order valence-electron chi connectivity index (χ2n) is 5.03. The number of hydrogen-bond donors (Lipinski definition) is 2. The van der Waals surface area contributed by atoms with Gasteiger partial charge in [0.2, 0.25) is 10.0 Å². The molecule has 0 fully saturated rings. The van der Waals surface area contributed by atoms with Crippen LogP contribution in [0.2, 0.25) is 0 Å². The van der Waals surface area contributed by atoms with Crippen LogP contribution in [0.15, 0.2) is 23.1 Å². The third-order valence-electron chi connectivity index (χ3n) is 2.28. The molecule has 0 unspecified atom stereocenters. The van der Waals surface area contributed by atoms with Crippen LogP contribution in [0.1, 0.15) is 26.3 Å². The fourth-order valence-corrected chi connectivity index (χ4v) is 3.32. The fraction of sp³-hybridized carbons (Fsp3) is 0.500. The van der Waals surface area contributed by atoms with E-state index in [1.807, 2.05) is 26.8 Å². The quantitative estimate of drug-likeness (QED) is 0.871. The standard InChI is InChI=1S/C12H20N2O2S/c1-9-10(13-5)7-6-8-11(9)17(15,16)14-12(2,3)4/h6-8,13-14H,1-5H3. The smallest absolute Gasteiger partial charge is 0.241 e. The second kappa shape index (κ2) is 4.66. The number of hydrogen-bond acceptors (Lipinski definition) is 3. The molecule has 0 aromatic heterocycles. The molecule has 0 aliphatic heterocycles. The van der Waals surface area contributed by atoms with Gasteiger partial charge in [-0.25, -0.2) is 13.1 Å². The average molecular weight is 256 g/mol. The summed E-state index contributed by atoms with van der Waals surface area (Å²) in [4.78, 5) is 0.319. The monoisotopic (exact) mass is 256 g/mol. The van der Waals surface area contributed by atoms with E-state index in [9.17, 15) is 8.42 Å². The van der Waals surface area contributed by atoms with Gasteiger partial charge in [-0.2, -0.15) is 0 Å². The van der Waals surface area contributed by atoms with Gasteiger partial charge in [-0.15, -0.1) is 0 Å². The van der Waals surface area contributed by atoms with Gasteiger partial charge in [0.1, 0.15) is 0 Å². The zero-order valence-electron chi connectivity index (χ0n) is 11.0. The topological polar surface area (TPSA) is 58.2 Å². The summed E-state index contributed by atoms with van der Waals surface area (Å²) in [7, 11) is -1.70. The second-order valence-corrected chi connectivity index (χ2v) is 6.69. The van der Waals surface area contributed by atoms with Crippen molar-refractivity contribution in [3.63, 3.8) is 0 Å². The fourth-order valence-electron chi connectivity index (χ4n) is 1.63. The Morgan fingerprint density at radius 3 is 2.24 bits per heavy atom. The van der Waals surface area contributed by atoms with Crippen LogP contribution >= 0.6 is 0 Å². The van der Waals surface area contributed by atoms with Gasteiger partial charge >= 0.3 is 0 Å². The van der Waals surface area contributed by atoms with E-state index in [0.717, 1.165) is 11.3 Å². The zero-order valence-corrected chi connectivity index (χ0v) is 11.8. The lowest BCUT2D eigenvalue weighted by Gasteiger charge is -2.21. The van der Waals surface area contributed by atoms with Crippen molar-refractivity contribution in [1.29, 1.82) is 0 Å². The summed E-state index contributed by atoms with van der Waals surface area (Å²) < 4.78 is 27.0. The first-order valence-electron chi connectivity index (χ1n) is 5.49. The lowest BCUT2D eigenvalue weighted by molar-refractivity contribution is 0.491. The Labute approximate surface area is 103 Å². The molecule has 96 valence electrons. The molecule has 0 bridgehead atoms. The number of nitrogens with one attached hydrogen (secondary N) is 2. The molecule has 1 aromatic rings. The summed E-state index contributed by atoms with van der Waals surface area (Å²) in [5.74, 6) is 0. The van der Waals surface area contributed by atoms with E-state index in [1.165, 1.54) is 0 Å². The molecule has 0 saturated heterocycles. The van der Waals surface area contributed by atoms with E-state index in [0.29, 0.717) is 4.90 Å². The van der Waals surface area contributed by atoms with Crippen LogP contribution in [0, 0.1) is 6.92 Å². The van der Waals surface area contributed by atoms with Gasteiger partial charge in [0, 0.05) is 18.3 Å². The summed E-state index contributed by atoms with van der Waals surface area (Å²) in [5, 5.41) is 2.98. The Kier molecular flexibility index (Phi) is 3.84. The summed E-state index contributed by atoms with van der Waals surface area (Å²) in [5.41, 5.74) is 1.06. The lowest BCUT2D eigenvalue weighted by atomic mass is 10.1. The van der Waals surface area contributed by atoms with Crippen molar-refractivity contribution in [2.45, 2.75) is 38.1 Å². The molecule has 0 aliphatic carbocycles. The third kappa shape index (κ3) is 3.44. The van der Waals surface area contributed by atoms with E-state index in [-0.39, 0.29) is 0 Å². The van der Waals surface area contributed by atoms with Gasteiger partial charge in [0.05, 0.1) is 4.90 Å². The summed E-state index contributed by atoms with van der Waals surface area (Å²) in [6.07, 6.45) is 0. The highest BCUT2D eigenvalue weighted by molar-refractivity contribution is 7.89. The third-order valence-corrected chi connectivity index (χ3v) is 4.19. The minimum atomic E-state index is -3.47. The van der Waals surface area contributed by atoms with Crippen molar-refractivity contribution < 1.29 is 8.42 Å². The molecule has 0 spiro atoms. The van der Waals surface area contributed by atoms with E-state index < -0.39 is 15.6 Å². The molecule has 5 heteroatoms. The first-order chi connectivity index (χ1) is 7.67. The Bertz CT molecular complexity index is 502. The van der Waals surface area contributed by atoms with E-state index >= 15 is 0 Å². The van der Waals surface area contributed by atoms with Crippen molar-refractivity contribution in [2.24, 2.45) is 0 Å². The van der Waals surface area contributed by atoms with E-state index in [4.69, 9.17) is 0 Å². The Morgan fingerprint density at radius 1 is 1.18 bits per heavy atom. The minimum absolute atomic E-state index is 0.319. The van der Waals surface area contributed by atoms with Gasteiger partial charge in [0.15, 0.2) is 0 Å². The Balaban J connectivity index is 3.25. The van der Waals surface area contributed by atoms with Crippen LogP contribution in [0.5, 0.6) is 0 Å². The maximum atomic E-state index is 12.2. The van der Waals surface area contributed by atoms with Gasteiger partial charge in [-0.05, 0) is 45.4 Å². The van der Waals surface area contributed by atoms with Gasteiger partial charge in [-0.1, -0.05) is 6.07 Å². The maximum Gasteiger partial charge on any atom is 0.241 e. The highest BCUT2D eigenvalue weighted by atomic mass is 32.2. The van der Waals surface area contributed by atoms with E-state index in [1.54, 1.807) is 26.1 Å². The molecule has 2 N–H and O–H groups in total. The van der Waals surface area contributed by atoms with Crippen LogP contribution in [0.4, 0.5) is 5.69 Å². The molecular weight excluding hydrogens is 236 g/mol. The van der Waals surface area contributed by atoms with Crippen LogP contribution in [-0.4, -0.2) is 21.0 Å². The van der Waals surface area contributed by atoms with Crippen molar-refractivity contribution in [2.75, 3.05) is 12.4 Å². The van der Waals surface area contributed by atoms with Crippen molar-refractivity contribution in [3.8, 4) is 0 Å². The molecular formula is C12H20N2O2S. The summed E-state index contributed by atoms with van der Waals surface area (Å²) in [6.45, 7) is 7.26. The first kappa shape index (κ1) is 14.0. The Morgan fingerprint density at radius 2 is 1.76 bits per heavy atom. The van der Waals surface area contributed by atoms with Crippen LogP contribution in [-0.2, 0) is 10.0 Å². The lowest BCUT2D eigenvalue weighted by Crippen LogP contribution is -2.40. The number of sulfonamides is 1. The molecule has 0 atom stereocenters. The summed E-state index contributed by atoms with van der Waals surface area (Å²) >= 11 is 0. The van der Waals surface area contributed by atoms with Gasteiger partial charge in [-0.3, -0.25) is 0 Å². The van der Waals surface area contributed by atoms with Crippen molar-refractivity contribution in [3.05, 3.63) is 23.8 Å². The number of benzene rings is 1. The zero-order chi connectivity index (χ0) is 13.3.